The SMILES string of the molecule is COc1ccccc1C(O)c1ccc(CCN)cc1. The smallest absolute Gasteiger partial charge is 0.125 e. The second-order valence-corrected chi connectivity index (χ2v) is 4.42. The van der Waals surface area contributed by atoms with Crippen molar-refractivity contribution in [2.24, 2.45) is 5.73 Å². The quantitative estimate of drug-likeness (QED) is 0.864. The fraction of sp³-hybridized carbons (Fsp3) is 0.250. The fourth-order valence-electron chi connectivity index (χ4n) is 2.11. The highest BCUT2D eigenvalue weighted by atomic mass is 16.5. The number of aliphatic hydroxyl groups excluding tert-OH is 1. The monoisotopic (exact) mass is 257 g/mol. The van der Waals surface area contributed by atoms with E-state index in [1.165, 1.54) is 5.56 Å². The van der Waals surface area contributed by atoms with Crippen molar-refractivity contribution in [1.29, 1.82) is 0 Å². The lowest BCUT2D eigenvalue weighted by Gasteiger charge is -2.15. The summed E-state index contributed by atoms with van der Waals surface area (Å²) in [4.78, 5) is 0. The number of hydrogen-bond donors (Lipinski definition) is 2. The molecular formula is C16H19NO2. The maximum atomic E-state index is 10.4. The molecule has 0 bridgehead atoms. The zero-order valence-electron chi connectivity index (χ0n) is 11.0. The van der Waals surface area contributed by atoms with Crippen LogP contribution in [0.2, 0.25) is 0 Å². The predicted octanol–water partition coefficient (Wildman–Crippen LogP) is 2.28. The molecule has 1 unspecified atom stereocenters. The molecule has 0 saturated carbocycles. The van der Waals surface area contributed by atoms with Crippen molar-refractivity contribution in [2.45, 2.75) is 12.5 Å². The van der Waals surface area contributed by atoms with Gasteiger partial charge in [-0.15, -0.1) is 0 Å². The Balaban J connectivity index is 2.25. The summed E-state index contributed by atoms with van der Waals surface area (Å²) in [7, 11) is 1.61. The number of benzene rings is 2. The van der Waals surface area contributed by atoms with Gasteiger partial charge in [0.15, 0.2) is 0 Å². The first-order valence-electron chi connectivity index (χ1n) is 6.36. The van der Waals surface area contributed by atoms with Gasteiger partial charge in [-0.2, -0.15) is 0 Å². The van der Waals surface area contributed by atoms with Gasteiger partial charge in [-0.3, -0.25) is 0 Å². The van der Waals surface area contributed by atoms with Crippen LogP contribution in [0.25, 0.3) is 0 Å². The molecule has 0 spiro atoms. The van der Waals surface area contributed by atoms with Gasteiger partial charge in [0.1, 0.15) is 11.9 Å². The molecule has 0 aliphatic heterocycles. The van der Waals surface area contributed by atoms with E-state index in [2.05, 4.69) is 0 Å². The highest BCUT2D eigenvalue weighted by molar-refractivity contribution is 5.40. The van der Waals surface area contributed by atoms with Crippen molar-refractivity contribution in [2.75, 3.05) is 13.7 Å². The van der Waals surface area contributed by atoms with Gasteiger partial charge in [0.25, 0.3) is 0 Å². The third kappa shape index (κ3) is 3.13. The Bertz CT molecular complexity index is 523. The Morgan fingerprint density at radius 1 is 1.11 bits per heavy atom. The zero-order chi connectivity index (χ0) is 13.7. The molecular weight excluding hydrogens is 238 g/mol. The van der Waals surface area contributed by atoms with Crippen LogP contribution in [-0.4, -0.2) is 18.8 Å². The molecule has 3 N–H and O–H groups in total. The van der Waals surface area contributed by atoms with Crippen molar-refractivity contribution in [3.63, 3.8) is 0 Å². The van der Waals surface area contributed by atoms with E-state index in [0.29, 0.717) is 12.3 Å². The molecule has 0 saturated heterocycles. The molecule has 19 heavy (non-hydrogen) atoms. The van der Waals surface area contributed by atoms with Gasteiger partial charge in [-0.1, -0.05) is 42.5 Å². The van der Waals surface area contributed by atoms with E-state index in [-0.39, 0.29) is 0 Å². The van der Waals surface area contributed by atoms with Crippen LogP contribution in [0.1, 0.15) is 22.8 Å². The van der Waals surface area contributed by atoms with Gasteiger partial charge < -0.3 is 15.6 Å². The van der Waals surface area contributed by atoms with Crippen LogP contribution in [0.3, 0.4) is 0 Å². The summed E-state index contributed by atoms with van der Waals surface area (Å²) in [6.45, 7) is 0.633. The summed E-state index contributed by atoms with van der Waals surface area (Å²) in [6.07, 6.45) is 0.175. The number of methoxy groups -OCH3 is 1. The lowest BCUT2D eigenvalue weighted by atomic mass is 9.99. The number of para-hydroxylation sites is 1. The summed E-state index contributed by atoms with van der Waals surface area (Å²) in [5.41, 5.74) is 8.33. The minimum absolute atomic E-state index is 0.633. The number of nitrogens with two attached hydrogens (primary N) is 1. The molecule has 0 aromatic heterocycles. The zero-order valence-corrected chi connectivity index (χ0v) is 11.0. The van der Waals surface area contributed by atoms with E-state index < -0.39 is 6.10 Å². The largest absolute Gasteiger partial charge is 0.496 e. The van der Waals surface area contributed by atoms with Crippen molar-refractivity contribution in [3.8, 4) is 5.75 Å². The summed E-state index contributed by atoms with van der Waals surface area (Å²) in [5.74, 6) is 0.695. The Labute approximate surface area is 113 Å². The highest BCUT2D eigenvalue weighted by Crippen LogP contribution is 2.29. The number of hydrogen-bond acceptors (Lipinski definition) is 3. The van der Waals surface area contributed by atoms with E-state index >= 15 is 0 Å². The Morgan fingerprint density at radius 2 is 1.79 bits per heavy atom. The lowest BCUT2D eigenvalue weighted by Crippen LogP contribution is -2.04. The van der Waals surface area contributed by atoms with Gasteiger partial charge >= 0.3 is 0 Å². The van der Waals surface area contributed by atoms with Crippen LogP contribution in [0.15, 0.2) is 48.5 Å². The molecule has 0 aliphatic carbocycles. The third-order valence-electron chi connectivity index (χ3n) is 3.16. The van der Waals surface area contributed by atoms with E-state index in [4.69, 9.17) is 10.5 Å². The molecule has 0 amide bonds. The summed E-state index contributed by atoms with van der Waals surface area (Å²) in [5, 5.41) is 10.4. The first kappa shape index (κ1) is 13.6. The lowest BCUT2D eigenvalue weighted by molar-refractivity contribution is 0.214. The number of aliphatic hydroxyl groups is 1. The molecule has 0 fully saturated rings. The molecule has 1 atom stereocenters. The van der Waals surface area contributed by atoms with Gasteiger partial charge in [0, 0.05) is 5.56 Å². The van der Waals surface area contributed by atoms with E-state index in [1.807, 2.05) is 48.5 Å². The van der Waals surface area contributed by atoms with E-state index in [9.17, 15) is 5.11 Å². The van der Waals surface area contributed by atoms with E-state index in [0.717, 1.165) is 17.5 Å². The van der Waals surface area contributed by atoms with Gasteiger partial charge in [-0.25, -0.2) is 0 Å². The minimum atomic E-state index is -0.678. The van der Waals surface area contributed by atoms with Crippen molar-refractivity contribution in [1.82, 2.24) is 0 Å². The normalized spacial score (nSPS) is 12.2. The molecule has 0 heterocycles. The summed E-state index contributed by atoms with van der Waals surface area (Å²) >= 11 is 0. The van der Waals surface area contributed by atoms with Crippen LogP contribution in [0, 0.1) is 0 Å². The van der Waals surface area contributed by atoms with Crippen LogP contribution < -0.4 is 10.5 Å². The maximum absolute atomic E-state index is 10.4. The van der Waals surface area contributed by atoms with Gasteiger partial charge in [0.05, 0.1) is 7.11 Å². The van der Waals surface area contributed by atoms with Crippen LogP contribution in [0.5, 0.6) is 5.75 Å². The summed E-state index contributed by atoms with van der Waals surface area (Å²) < 4.78 is 5.27. The molecule has 0 aliphatic rings. The molecule has 2 rings (SSSR count). The van der Waals surface area contributed by atoms with Crippen LogP contribution in [-0.2, 0) is 6.42 Å². The fourth-order valence-corrected chi connectivity index (χ4v) is 2.11. The van der Waals surface area contributed by atoms with Crippen molar-refractivity contribution < 1.29 is 9.84 Å². The number of ether oxygens (including phenoxy) is 1. The average Bonchev–Trinajstić information content (AvgIpc) is 2.47. The first-order valence-corrected chi connectivity index (χ1v) is 6.36. The number of rotatable bonds is 5. The van der Waals surface area contributed by atoms with Gasteiger partial charge in [-0.05, 0) is 30.2 Å². The first-order chi connectivity index (χ1) is 9.26. The Kier molecular flexibility index (Phi) is 4.55. The minimum Gasteiger partial charge on any atom is -0.496 e. The predicted molar refractivity (Wildman–Crippen MR) is 76.3 cm³/mol. The average molecular weight is 257 g/mol. The van der Waals surface area contributed by atoms with Crippen molar-refractivity contribution >= 4 is 0 Å². The molecule has 2 aromatic rings. The van der Waals surface area contributed by atoms with Crippen LogP contribution in [0.4, 0.5) is 0 Å². The Morgan fingerprint density at radius 3 is 2.42 bits per heavy atom. The molecule has 3 heteroatoms. The van der Waals surface area contributed by atoms with Crippen molar-refractivity contribution in [3.05, 3.63) is 65.2 Å². The molecule has 2 aromatic carbocycles. The topological polar surface area (TPSA) is 55.5 Å². The third-order valence-corrected chi connectivity index (χ3v) is 3.16. The molecule has 3 nitrogen and oxygen atoms in total. The molecule has 0 radical (unpaired) electrons. The highest BCUT2D eigenvalue weighted by Gasteiger charge is 2.14. The molecule has 100 valence electrons. The summed E-state index contributed by atoms with van der Waals surface area (Å²) in [6, 6.07) is 15.4. The van der Waals surface area contributed by atoms with Crippen LogP contribution >= 0.6 is 0 Å². The second kappa shape index (κ2) is 6.36. The van der Waals surface area contributed by atoms with Gasteiger partial charge in [0.2, 0.25) is 0 Å². The second-order valence-electron chi connectivity index (χ2n) is 4.42. The maximum Gasteiger partial charge on any atom is 0.125 e. The Hall–Kier alpha value is -1.84. The van der Waals surface area contributed by atoms with E-state index in [1.54, 1.807) is 7.11 Å². The standard InChI is InChI=1S/C16H19NO2/c1-19-15-5-3-2-4-14(15)16(18)13-8-6-12(7-9-13)10-11-17/h2-9,16,18H,10-11,17H2,1H3.